The predicted molar refractivity (Wildman–Crippen MR) is 45.5 cm³/mol. The molecule has 0 aromatic carbocycles. The van der Waals surface area contributed by atoms with Crippen molar-refractivity contribution in [2.75, 3.05) is 6.54 Å². The topological polar surface area (TPSA) is 26.0 Å². The SMILES string of the molecule is C#CCC(C)CCCCN. The van der Waals surface area contributed by atoms with E-state index in [1.807, 2.05) is 0 Å². The Kier molecular flexibility index (Phi) is 6.32. The molecule has 0 saturated heterocycles. The standard InChI is InChI=1S/C9H17N/c1-3-6-9(2)7-4-5-8-10/h1,9H,4-8,10H2,2H3. The van der Waals surface area contributed by atoms with Gasteiger partial charge in [0.15, 0.2) is 0 Å². The van der Waals surface area contributed by atoms with Crippen LogP contribution >= 0.6 is 0 Å². The average molecular weight is 139 g/mol. The maximum absolute atomic E-state index is 5.35. The Labute approximate surface area is 64.0 Å². The highest BCUT2D eigenvalue weighted by molar-refractivity contribution is 4.85. The number of unbranched alkanes of at least 4 members (excludes halogenated alkanes) is 1. The van der Waals surface area contributed by atoms with Crippen LogP contribution in [0.5, 0.6) is 0 Å². The summed E-state index contributed by atoms with van der Waals surface area (Å²) in [6.45, 7) is 3.00. The molecule has 0 fully saturated rings. The minimum absolute atomic E-state index is 0.677. The molecule has 2 N–H and O–H groups in total. The molecule has 0 aliphatic heterocycles. The van der Waals surface area contributed by atoms with E-state index in [-0.39, 0.29) is 0 Å². The molecule has 0 rings (SSSR count). The maximum Gasteiger partial charge on any atom is 0.0112 e. The van der Waals surface area contributed by atoms with E-state index in [1.165, 1.54) is 12.8 Å². The second-order valence-corrected chi connectivity index (χ2v) is 2.80. The monoisotopic (exact) mass is 139 g/mol. The molecule has 0 amide bonds. The van der Waals surface area contributed by atoms with Crippen LogP contribution in [0, 0.1) is 18.3 Å². The first kappa shape index (κ1) is 9.52. The summed E-state index contributed by atoms with van der Waals surface area (Å²) in [5.74, 6) is 3.34. The third kappa shape index (κ3) is 5.65. The average Bonchev–Trinajstić information content (AvgIpc) is 1.89. The van der Waals surface area contributed by atoms with E-state index >= 15 is 0 Å². The number of hydrogen-bond donors (Lipinski definition) is 1. The van der Waals surface area contributed by atoms with Gasteiger partial charge in [0.1, 0.15) is 0 Å². The number of rotatable bonds is 5. The zero-order valence-electron chi connectivity index (χ0n) is 6.77. The van der Waals surface area contributed by atoms with Gasteiger partial charge in [-0.2, -0.15) is 0 Å². The number of nitrogens with two attached hydrogens (primary N) is 1. The first-order valence-corrected chi connectivity index (χ1v) is 3.94. The maximum atomic E-state index is 5.35. The van der Waals surface area contributed by atoms with Crippen LogP contribution in [0.1, 0.15) is 32.6 Å². The van der Waals surface area contributed by atoms with Gasteiger partial charge in [0.25, 0.3) is 0 Å². The van der Waals surface area contributed by atoms with Crippen LogP contribution in [0.4, 0.5) is 0 Å². The summed E-state index contributed by atoms with van der Waals surface area (Å²) in [6, 6.07) is 0. The molecule has 0 saturated carbocycles. The molecule has 10 heavy (non-hydrogen) atoms. The lowest BCUT2D eigenvalue weighted by atomic mass is 10.0. The Morgan fingerprint density at radius 1 is 1.50 bits per heavy atom. The Bertz CT molecular complexity index is 102. The molecule has 0 aliphatic rings. The van der Waals surface area contributed by atoms with E-state index in [9.17, 15) is 0 Å². The van der Waals surface area contributed by atoms with Crippen LogP contribution < -0.4 is 5.73 Å². The summed E-state index contributed by atoms with van der Waals surface area (Å²) in [6.07, 6.45) is 9.65. The van der Waals surface area contributed by atoms with Crippen LogP contribution in [-0.2, 0) is 0 Å². The molecule has 0 spiro atoms. The summed E-state index contributed by atoms with van der Waals surface area (Å²) >= 11 is 0. The molecule has 0 radical (unpaired) electrons. The van der Waals surface area contributed by atoms with Crippen LogP contribution in [0.2, 0.25) is 0 Å². The third-order valence-corrected chi connectivity index (χ3v) is 1.62. The van der Waals surface area contributed by atoms with Gasteiger partial charge in [-0.3, -0.25) is 0 Å². The van der Waals surface area contributed by atoms with Gasteiger partial charge in [-0.05, 0) is 25.3 Å². The molecule has 0 aromatic heterocycles. The Morgan fingerprint density at radius 3 is 2.70 bits per heavy atom. The molecule has 1 atom stereocenters. The molecule has 0 heterocycles. The number of terminal acetylenes is 1. The largest absolute Gasteiger partial charge is 0.330 e. The van der Waals surface area contributed by atoms with E-state index in [2.05, 4.69) is 12.8 Å². The zero-order chi connectivity index (χ0) is 7.82. The van der Waals surface area contributed by atoms with Crippen molar-refractivity contribution in [1.82, 2.24) is 0 Å². The highest BCUT2D eigenvalue weighted by atomic mass is 14.5. The van der Waals surface area contributed by atoms with E-state index in [0.717, 1.165) is 19.4 Å². The van der Waals surface area contributed by atoms with Crippen molar-refractivity contribution in [2.45, 2.75) is 32.6 Å². The molecule has 1 unspecified atom stereocenters. The van der Waals surface area contributed by atoms with Gasteiger partial charge in [0.05, 0.1) is 0 Å². The summed E-state index contributed by atoms with van der Waals surface area (Å²) in [7, 11) is 0. The van der Waals surface area contributed by atoms with E-state index in [4.69, 9.17) is 12.2 Å². The molecule has 0 aliphatic carbocycles. The van der Waals surface area contributed by atoms with Crippen LogP contribution in [0.25, 0.3) is 0 Å². The fourth-order valence-corrected chi connectivity index (χ4v) is 0.940. The van der Waals surface area contributed by atoms with Gasteiger partial charge in [-0.15, -0.1) is 12.3 Å². The van der Waals surface area contributed by atoms with Gasteiger partial charge in [-0.1, -0.05) is 13.3 Å². The Morgan fingerprint density at radius 2 is 2.20 bits per heavy atom. The van der Waals surface area contributed by atoms with E-state index in [1.54, 1.807) is 0 Å². The molecule has 0 bridgehead atoms. The number of hydrogen-bond acceptors (Lipinski definition) is 1. The molecule has 0 aromatic rings. The fourth-order valence-electron chi connectivity index (χ4n) is 0.940. The van der Waals surface area contributed by atoms with Crippen molar-refractivity contribution >= 4 is 0 Å². The van der Waals surface area contributed by atoms with Crippen molar-refractivity contribution in [2.24, 2.45) is 11.7 Å². The molecule has 1 nitrogen and oxygen atoms in total. The lowest BCUT2D eigenvalue weighted by molar-refractivity contribution is 0.512. The first-order valence-electron chi connectivity index (χ1n) is 3.94. The van der Waals surface area contributed by atoms with Crippen molar-refractivity contribution in [3.05, 3.63) is 0 Å². The zero-order valence-corrected chi connectivity index (χ0v) is 6.77. The minimum atomic E-state index is 0.677. The first-order chi connectivity index (χ1) is 4.81. The van der Waals surface area contributed by atoms with Crippen LogP contribution in [0.3, 0.4) is 0 Å². The highest BCUT2D eigenvalue weighted by Gasteiger charge is 1.97. The Hall–Kier alpha value is -0.480. The van der Waals surface area contributed by atoms with Crippen molar-refractivity contribution < 1.29 is 0 Å². The summed E-state index contributed by atoms with van der Waals surface area (Å²) in [4.78, 5) is 0. The van der Waals surface area contributed by atoms with Gasteiger partial charge in [-0.25, -0.2) is 0 Å². The summed E-state index contributed by atoms with van der Waals surface area (Å²) < 4.78 is 0. The van der Waals surface area contributed by atoms with Crippen LogP contribution in [-0.4, -0.2) is 6.54 Å². The lowest BCUT2D eigenvalue weighted by Crippen LogP contribution is -2.00. The molecular weight excluding hydrogens is 122 g/mol. The molecular formula is C9H17N. The van der Waals surface area contributed by atoms with Crippen LogP contribution in [0.15, 0.2) is 0 Å². The smallest absolute Gasteiger partial charge is 0.0112 e. The van der Waals surface area contributed by atoms with E-state index < -0.39 is 0 Å². The fraction of sp³-hybridized carbons (Fsp3) is 0.778. The minimum Gasteiger partial charge on any atom is -0.330 e. The summed E-state index contributed by atoms with van der Waals surface area (Å²) in [5, 5.41) is 0. The van der Waals surface area contributed by atoms with Gasteiger partial charge in [0, 0.05) is 6.42 Å². The highest BCUT2D eigenvalue weighted by Crippen LogP contribution is 2.09. The third-order valence-electron chi connectivity index (χ3n) is 1.62. The van der Waals surface area contributed by atoms with Crippen molar-refractivity contribution in [3.8, 4) is 12.3 Å². The molecule has 1 heteroatoms. The van der Waals surface area contributed by atoms with Crippen molar-refractivity contribution in [1.29, 1.82) is 0 Å². The van der Waals surface area contributed by atoms with Gasteiger partial charge in [0.2, 0.25) is 0 Å². The van der Waals surface area contributed by atoms with Gasteiger partial charge >= 0.3 is 0 Å². The van der Waals surface area contributed by atoms with E-state index in [0.29, 0.717) is 5.92 Å². The quantitative estimate of drug-likeness (QED) is 0.456. The van der Waals surface area contributed by atoms with Crippen molar-refractivity contribution in [3.63, 3.8) is 0 Å². The summed E-state index contributed by atoms with van der Waals surface area (Å²) in [5.41, 5.74) is 5.35. The lowest BCUT2D eigenvalue weighted by Gasteiger charge is -2.05. The molecule has 58 valence electrons. The predicted octanol–water partition coefficient (Wildman–Crippen LogP) is 1.77. The normalized spacial score (nSPS) is 12.5. The second-order valence-electron chi connectivity index (χ2n) is 2.80. The van der Waals surface area contributed by atoms with Gasteiger partial charge < -0.3 is 5.73 Å². The Balaban J connectivity index is 3.06. The second kappa shape index (κ2) is 6.64.